The van der Waals surface area contributed by atoms with Gasteiger partial charge in [-0.3, -0.25) is 0 Å². The van der Waals surface area contributed by atoms with Crippen molar-refractivity contribution in [3.05, 3.63) is 29.3 Å². The van der Waals surface area contributed by atoms with Crippen molar-refractivity contribution in [3.8, 4) is 0 Å². The number of nitrogens with one attached hydrogen (secondary N) is 1. The zero-order valence-corrected chi connectivity index (χ0v) is 13.4. The van der Waals surface area contributed by atoms with Crippen molar-refractivity contribution in [3.63, 3.8) is 0 Å². The van der Waals surface area contributed by atoms with Crippen LogP contribution in [-0.4, -0.2) is 33.4 Å². The first-order chi connectivity index (χ1) is 10.0. The Bertz CT molecular complexity index is 417. The highest BCUT2D eigenvalue weighted by molar-refractivity contribution is 5.50. The smallest absolute Gasteiger partial charge is 0.149 e. The van der Waals surface area contributed by atoms with E-state index >= 15 is 0 Å². The monoisotopic (exact) mass is 300 g/mol. The summed E-state index contributed by atoms with van der Waals surface area (Å²) in [6.07, 6.45) is 1.88. The molecular formula is C16H26F2N2O. The molecule has 0 spiro atoms. The number of hydrogen-bond acceptors (Lipinski definition) is 3. The minimum absolute atomic E-state index is 0.0524. The van der Waals surface area contributed by atoms with Crippen LogP contribution in [0.5, 0.6) is 0 Å². The molecule has 0 bridgehead atoms. The van der Waals surface area contributed by atoms with E-state index < -0.39 is 11.6 Å². The molecule has 0 fully saturated rings. The van der Waals surface area contributed by atoms with Gasteiger partial charge in [0.05, 0.1) is 6.61 Å². The lowest BCUT2D eigenvalue weighted by molar-refractivity contribution is 0.199. The average molecular weight is 300 g/mol. The Kier molecular flexibility index (Phi) is 7.61. The highest BCUT2D eigenvalue weighted by Gasteiger charge is 2.18. The quantitative estimate of drug-likeness (QED) is 0.708. The Balaban J connectivity index is 2.79. The van der Waals surface area contributed by atoms with Crippen molar-refractivity contribution in [2.45, 2.75) is 39.3 Å². The summed E-state index contributed by atoms with van der Waals surface area (Å²) in [5.41, 5.74) is 0.651. The molecule has 0 radical (unpaired) electrons. The fourth-order valence-corrected chi connectivity index (χ4v) is 2.30. The molecule has 0 amide bonds. The highest BCUT2D eigenvalue weighted by atomic mass is 19.1. The van der Waals surface area contributed by atoms with Crippen molar-refractivity contribution in [2.24, 2.45) is 0 Å². The molecule has 1 rings (SSSR count). The van der Waals surface area contributed by atoms with Crippen LogP contribution < -0.4 is 10.2 Å². The molecule has 0 saturated heterocycles. The number of methoxy groups -OCH3 is 1. The van der Waals surface area contributed by atoms with Gasteiger partial charge in [0.15, 0.2) is 0 Å². The topological polar surface area (TPSA) is 24.5 Å². The molecule has 1 unspecified atom stereocenters. The number of halogens is 2. The van der Waals surface area contributed by atoms with Crippen LogP contribution in [0.2, 0.25) is 0 Å². The Labute approximate surface area is 126 Å². The zero-order valence-electron chi connectivity index (χ0n) is 13.4. The van der Waals surface area contributed by atoms with E-state index in [1.807, 2.05) is 6.92 Å². The lowest BCUT2D eigenvalue weighted by atomic mass is 10.1. The average Bonchev–Trinajstić information content (AvgIpc) is 2.43. The Hall–Kier alpha value is -1.20. The first kappa shape index (κ1) is 17.9. The lowest BCUT2D eigenvalue weighted by Gasteiger charge is -2.27. The molecule has 0 aromatic heterocycles. The predicted molar refractivity (Wildman–Crippen MR) is 82.7 cm³/mol. The first-order valence-corrected chi connectivity index (χ1v) is 7.41. The van der Waals surface area contributed by atoms with Crippen molar-refractivity contribution in [1.82, 2.24) is 5.32 Å². The van der Waals surface area contributed by atoms with Gasteiger partial charge in [0.1, 0.15) is 17.3 Å². The van der Waals surface area contributed by atoms with Crippen LogP contribution in [0.3, 0.4) is 0 Å². The second kappa shape index (κ2) is 8.95. The summed E-state index contributed by atoms with van der Waals surface area (Å²) >= 11 is 0. The van der Waals surface area contributed by atoms with E-state index in [-0.39, 0.29) is 11.7 Å². The first-order valence-electron chi connectivity index (χ1n) is 7.41. The fourth-order valence-electron chi connectivity index (χ4n) is 2.30. The number of nitrogens with zero attached hydrogens (tertiary/aromatic N) is 1. The van der Waals surface area contributed by atoms with Crippen LogP contribution in [0.25, 0.3) is 0 Å². The number of rotatable bonds is 9. The summed E-state index contributed by atoms with van der Waals surface area (Å²) < 4.78 is 33.3. The molecule has 0 heterocycles. The van der Waals surface area contributed by atoms with Gasteiger partial charge in [-0.2, -0.15) is 0 Å². The molecule has 3 nitrogen and oxygen atoms in total. The van der Waals surface area contributed by atoms with Crippen molar-refractivity contribution in [2.75, 3.05) is 32.2 Å². The third kappa shape index (κ3) is 5.25. The Morgan fingerprint density at radius 3 is 2.43 bits per heavy atom. The lowest BCUT2D eigenvalue weighted by Crippen LogP contribution is -2.30. The fraction of sp³-hybridized carbons (Fsp3) is 0.625. The van der Waals surface area contributed by atoms with E-state index in [1.165, 1.54) is 12.1 Å². The van der Waals surface area contributed by atoms with Gasteiger partial charge in [0.25, 0.3) is 0 Å². The van der Waals surface area contributed by atoms with Gasteiger partial charge >= 0.3 is 0 Å². The van der Waals surface area contributed by atoms with Crippen LogP contribution in [0.15, 0.2) is 12.1 Å². The number of ether oxygens (including phenoxy) is 1. The van der Waals surface area contributed by atoms with Crippen molar-refractivity contribution >= 4 is 5.69 Å². The molecule has 1 atom stereocenters. The predicted octanol–water partition coefficient (Wildman–Crippen LogP) is 3.33. The summed E-state index contributed by atoms with van der Waals surface area (Å²) in [7, 11) is 3.35. The summed E-state index contributed by atoms with van der Waals surface area (Å²) in [6, 6.07) is 2.89. The molecule has 1 aromatic carbocycles. The minimum Gasteiger partial charge on any atom is -0.383 e. The molecule has 0 aliphatic rings. The molecular weight excluding hydrogens is 274 g/mol. The summed E-state index contributed by atoms with van der Waals surface area (Å²) in [5.74, 6) is -1.02. The number of benzene rings is 1. The largest absolute Gasteiger partial charge is 0.383 e. The molecule has 0 saturated carbocycles. The van der Waals surface area contributed by atoms with Crippen molar-refractivity contribution in [1.29, 1.82) is 0 Å². The maximum absolute atomic E-state index is 14.2. The second-order valence-electron chi connectivity index (χ2n) is 5.33. The maximum atomic E-state index is 14.2. The zero-order chi connectivity index (χ0) is 15.8. The SMILES string of the molecule is CCCC(C)N(C)c1c(F)cc(CNCCOC)cc1F. The third-order valence-electron chi connectivity index (χ3n) is 3.61. The number of anilines is 1. The molecule has 1 N–H and O–H groups in total. The van der Waals surface area contributed by atoms with Gasteiger partial charge in [-0.25, -0.2) is 8.78 Å². The van der Waals surface area contributed by atoms with E-state index in [9.17, 15) is 8.78 Å². The molecule has 120 valence electrons. The molecule has 0 aliphatic carbocycles. The van der Waals surface area contributed by atoms with Gasteiger partial charge in [-0.1, -0.05) is 13.3 Å². The van der Waals surface area contributed by atoms with Gasteiger partial charge in [-0.15, -0.1) is 0 Å². The standard InChI is InChI=1S/C16H26F2N2O/c1-5-6-12(2)20(3)16-14(17)9-13(10-15(16)18)11-19-7-8-21-4/h9-10,12,19H,5-8,11H2,1-4H3. The van der Waals surface area contributed by atoms with Gasteiger partial charge in [0.2, 0.25) is 0 Å². The van der Waals surface area contributed by atoms with Crippen LogP contribution in [0.1, 0.15) is 32.3 Å². The van der Waals surface area contributed by atoms with Crippen LogP contribution >= 0.6 is 0 Å². The van der Waals surface area contributed by atoms with Gasteiger partial charge in [0, 0.05) is 33.3 Å². The molecule has 1 aromatic rings. The second-order valence-corrected chi connectivity index (χ2v) is 5.33. The Morgan fingerprint density at radius 1 is 1.29 bits per heavy atom. The number of hydrogen-bond donors (Lipinski definition) is 1. The maximum Gasteiger partial charge on any atom is 0.149 e. The molecule has 5 heteroatoms. The van der Waals surface area contributed by atoms with Gasteiger partial charge < -0.3 is 15.0 Å². The summed E-state index contributed by atoms with van der Waals surface area (Å²) in [4.78, 5) is 1.68. The third-order valence-corrected chi connectivity index (χ3v) is 3.61. The van der Waals surface area contributed by atoms with Crippen LogP contribution in [0, 0.1) is 11.6 Å². The van der Waals surface area contributed by atoms with Gasteiger partial charge in [-0.05, 0) is 31.0 Å². The van der Waals surface area contributed by atoms with E-state index in [4.69, 9.17) is 4.74 Å². The van der Waals surface area contributed by atoms with E-state index in [0.717, 1.165) is 12.8 Å². The molecule has 21 heavy (non-hydrogen) atoms. The van der Waals surface area contributed by atoms with E-state index in [2.05, 4.69) is 12.2 Å². The van der Waals surface area contributed by atoms with E-state index in [1.54, 1.807) is 19.1 Å². The van der Waals surface area contributed by atoms with Crippen molar-refractivity contribution < 1.29 is 13.5 Å². The molecule has 0 aliphatic heterocycles. The van der Waals surface area contributed by atoms with Crippen LogP contribution in [-0.2, 0) is 11.3 Å². The van der Waals surface area contributed by atoms with E-state index in [0.29, 0.717) is 25.3 Å². The van der Waals surface area contributed by atoms with Crippen LogP contribution in [0.4, 0.5) is 14.5 Å². The highest BCUT2D eigenvalue weighted by Crippen LogP contribution is 2.26. The summed E-state index contributed by atoms with van der Waals surface area (Å²) in [6.45, 7) is 5.68. The minimum atomic E-state index is -0.510. The Morgan fingerprint density at radius 2 is 1.90 bits per heavy atom. The summed E-state index contributed by atoms with van der Waals surface area (Å²) in [5, 5.41) is 3.08. The normalized spacial score (nSPS) is 12.5.